The lowest BCUT2D eigenvalue weighted by Crippen LogP contribution is -2.42. The Balaban J connectivity index is 1.57. The van der Waals surface area contributed by atoms with Crippen LogP contribution in [0.15, 0.2) is 22.3 Å². The number of amides is 1. The van der Waals surface area contributed by atoms with E-state index in [0.29, 0.717) is 17.6 Å². The molecule has 0 aliphatic carbocycles. The van der Waals surface area contributed by atoms with Gasteiger partial charge in [0.2, 0.25) is 5.91 Å². The van der Waals surface area contributed by atoms with E-state index in [1.54, 1.807) is 6.07 Å². The number of nitrogens with zero attached hydrogens (tertiary/aromatic N) is 5. The molecule has 3 heterocycles. The fraction of sp³-hybridized carbons (Fsp3) is 0.571. The second-order valence-electron chi connectivity index (χ2n) is 5.51. The van der Waals surface area contributed by atoms with Gasteiger partial charge >= 0.3 is 5.69 Å². The normalized spacial score (nSPS) is 18.4. The summed E-state index contributed by atoms with van der Waals surface area (Å²) in [5.74, 6) is -0.215. The molecule has 0 bridgehead atoms. The van der Waals surface area contributed by atoms with Gasteiger partial charge in [-0.2, -0.15) is 9.36 Å². The molecule has 1 aliphatic rings. The molecular weight excluding hydrogens is 316 g/mol. The van der Waals surface area contributed by atoms with Gasteiger partial charge < -0.3 is 5.32 Å². The number of likely N-dealkylation sites (tertiary alicyclic amines) is 1. The average molecular weight is 336 g/mol. The number of thiophene rings is 1. The Morgan fingerprint density at radius 1 is 1.48 bits per heavy atom. The average Bonchev–Trinajstić information content (AvgIpc) is 3.27. The number of tetrazole rings is 1. The van der Waals surface area contributed by atoms with Gasteiger partial charge in [-0.25, -0.2) is 4.79 Å². The monoisotopic (exact) mass is 336 g/mol. The minimum absolute atomic E-state index is 0.108. The Kier molecular flexibility index (Phi) is 4.87. The van der Waals surface area contributed by atoms with Crippen molar-refractivity contribution in [3.8, 4) is 5.00 Å². The van der Waals surface area contributed by atoms with E-state index in [1.165, 1.54) is 22.4 Å². The first-order valence-corrected chi connectivity index (χ1v) is 8.64. The quantitative estimate of drug-likeness (QED) is 0.808. The first-order valence-electron chi connectivity index (χ1n) is 7.76. The third kappa shape index (κ3) is 3.50. The van der Waals surface area contributed by atoms with Crippen molar-refractivity contribution in [2.24, 2.45) is 0 Å². The fourth-order valence-corrected chi connectivity index (χ4v) is 3.54. The maximum Gasteiger partial charge on any atom is 0.369 e. The van der Waals surface area contributed by atoms with Crippen molar-refractivity contribution in [3.63, 3.8) is 0 Å². The largest absolute Gasteiger partial charge is 0.369 e. The van der Waals surface area contributed by atoms with Crippen LogP contribution in [0.1, 0.15) is 19.8 Å². The summed E-state index contributed by atoms with van der Waals surface area (Å²) in [6.07, 6.45) is 2.27. The summed E-state index contributed by atoms with van der Waals surface area (Å²) in [5.41, 5.74) is -0.404. The summed E-state index contributed by atoms with van der Waals surface area (Å²) in [5, 5.41) is 13.0. The zero-order valence-corrected chi connectivity index (χ0v) is 13.8. The molecule has 1 N–H and O–H groups in total. The maximum absolute atomic E-state index is 12.2. The van der Waals surface area contributed by atoms with Crippen molar-refractivity contribution in [2.75, 3.05) is 19.6 Å². The molecule has 1 saturated heterocycles. The predicted octanol–water partition coefficient (Wildman–Crippen LogP) is 0.0910. The molecule has 124 valence electrons. The van der Waals surface area contributed by atoms with Gasteiger partial charge in [-0.05, 0) is 53.9 Å². The first-order chi connectivity index (χ1) is 11.2. The zero-order valence-electron chi connectivity index (χ0n) is 13.0. The van der Waals surface area contributed by atoms with Crippen molar-refractivity contribution in [1.29, 1.82) is 0 Å². The molecule has 8 nitrogen and oxygen atoms in total. The molecule has 1 atom stereocenters. The molecule has 0 spiro atoms. The topological polar surface area (TPSA) is 85.1 Å². The third-order valence-electron chi connectivity index (χ3n) is 4.09. The van der Waals surface area contributed by atoms with Crippen LogP contribution in [0, 0.1) is 0 Å². The number of likely N-dealkylation sites (N-methyl/N-ethyl adjacent to an activating group) is 1. The van der Waals surface area contributed by atoms with E-state index in [-0.39, 0.29) is 12.5 Å². The molecule has 1 amide bonds. The number of carbonyl (C=O) groups excluding carboxylic acids is 1. The SMILES string of the molecule is CCN1CCC[C@@H]1CNC(=O)Cn1nnn(-c2cccs2)c1=O. The number of carbonyl (C=O) groups is 1. The summed E-state index contributed by atoms with van der Waals surface area (Å²) in [6, 6.07) is 4.01. The van der Waals surface area contributed by atoms with Crippen molar-refractivity contribution in [3.05, 3.63) is 28.0 Å². The lowest BCUT2D eigenvalue weighted by molar-refractivity contribution is -0.122. The summed E-state index contributed by atoms with van der Waals surface area (Å²) < 4.78 is 2.29. The van der Waals surface area contributed by atoms with Gasteiger partial charge in [-0.1, -0.05) is 6.92 Å². The first kappa shape index (κ1) is 15.9. The summed E-state index contributed by atoms with van der Waals surface area (Å²) in [4.78, 5) is 26.6. The van der Waals surface area contributed by atoms with Gasteiger partial charge in [0.1, 0.15) is 11.5 Å². The van der Waals surface area contributed by atoms with Crippen molar-refractivity contribution < 1.29 is 4.79 Å². The van der Waals surface area contributed by atoms with Crippen LogP contribution >= 0.6 is 11.3 Å². The molecule has 1 aliphatic heterocycles. The molecule has 2 aromatic rings. The Hall–Kier alpha value is -2.00. The van der Waals surface area contributed by atoms with E-state index >= 15 is 0 Å². The van der Waals surface area contributed by atoms with Crippen LogP contribution in [0.2, 0.25) is 0 Å². The van der Waals surface area contributed by atoms with E-state index in [9.17, 15) is 9.59 Å². The highest BCUT2D eigenvalue weighted by molar-refractivity contribution is 7.12. The second-order valence-corrected chi connectivity index (χ2v) is 6.44. The molecular formula is C14H20N6O2S. The summed E-state index contributed by atoms with van der Waals surface area (Å²) in [6.45, 7) is 4.72. The molecule has 0 aromatic carbocycles. The van der Waals surface area contributed by atoms with Crippen LogP contribution in [0.4, 0.5) is 0 Å². The van der Waals surface area contributed by atoms with Gasteiger partial charge in [0.15, 0.2) is 0 Å². The highest BCUT2D eigenvalue weighted by atomic mass is 32.1. The predicted molar refractivity (Wildman–Crippen MR) is 86.8 cm³/mol. The summed E-state index contributed by atoms with van der Waals surface area (Å²) >= 11 is 1.39. The third-order valence-corrected chi connectivity index (χ3v) is 4.93. The lowest BCUT2D eigenvalue weighted by Gasteiger charge is -2.22. The Morgan fingerprint density at radius 3 is 3.09 bits per heavy atom. The lowest BCUT2D eigenvalue weighted by atomic mass is 10.2. The van der Waals surface area contributed by atoms with E-state index in [2.05, 4.69) is 27.6 Å². The number of aromatic nitrogens is 4. The van der Waals surface area contributed by atoms with Crippen molar-refractivity contribution >= 4 is 17.2 Å². The number of hydrogen-bond acceptors (Lipinski definition) is 6. The fourth-order valence-electron chi connectivity index (χ4n) is 2.87. The smallest absolute Gasteiger partial charge is 0.353 e. The maximum atomic E-state index is 12.2. The van der Waals surface area contributed by atoms with E-state index in [0.717, 1.165) is 24.2 Å². The molecule has 9 heteroatoms. The van der Waals surface area contributed by atoms with E-state index in [1.807, 2.05) is 11.4 Å². The van der Waals surface area contributed by atoms with Gasteiger partial charge in [0.05, 0.1) is 0 Å². The minimum atomic E-state index is -0.404. The van der Waals surface area contributed by atoms with E-state index < -0.39 is 5.69 Å². The Bertz CT molecular complexity index is 707. The number of hydrogen-bond donors (Lipinski definition) is 1. The molecule has 0 radical (unpaired) electrons. The van der Waals surface area contributed by atoms with Crippen LogP contribution in [-0.4, -0.2) is 56.3 Å². The van der Waals surface area contributed by atoms with Gasteiger partial charge in [-0.3, -0.25) is 9.69 Å². The van der Waals surface area contributed by atoms with E-state index in [4.69, 9.17) is 0 Å². The zero-order chi connectivity index (χ0) is 16.2. The van der Waals surface area contributed by atoms with Crippen LogP contribution < -0.4 is 11.0 Å². The van der Waals surface area contributed by atoms with Gasteiger partial charge in [-0.15, -0.1) is 11.3 Å². The molecule has 2 aromatic heterocycles. The molecule has 0 unspecified atom stereocenters. The van der Waals surface area contributed by atoms with Crippen LogP contribution in [-0.2, 0) is 11.3 Å². The highest BCUT2D eigenvalue weighted by Gasteiger charge is 2.23. The Morgan fingerprint density at radius 2 is 2.35 bits per heavy atom. The van der Waals surface area contributed by atoms with Gasteiger partial charge in [0, 0.05) is 12.6 Å². The molecule has 23 heavy (non-hydrogen) atoms. The minimum Gasteiger partial charge on any atom is -0.353 e. The molecule has 3 rings (SSSR count). The molecule has 0 saturated carbocycles. The molecule has 1 fully saturated rings. The van der Waals surface area contributed by atoms with Crippen LogP contribution in [0.3, 0.4) is 0 Å². The Labute approximate surface area is 137 Å². The summed E-state index contributed by atoms with van der Waals surface area (Å²) in [7, 11) is 0. The van der Waals surface area contributed by atoms with Crippen molar-refractivity contribution in [1.82, 2.24) is 30.0 Å². The van der Waals surface area contributed by atoms with Gasteiger partial charge in [0.25, 0.3) is 0 Å². The highest BCUT2D eigenvalue weighted by Crippen LogP contribution is 2.15. The van der Waals surface area contributed by atoms with Crippen LogP contribution in [0.5, 0.6) is 0 Å². The standard InChI is InChI=1S/C14H20N6O2S/c1-2-18-7-3-5-11(18)9-15-12(21)10-19-14(22)20(17-16-19)13-6-4-8-23-13/h4,6,8,11H,2-3,5,7,9-10H2,1H3,(H,15,21)/t11-/m1/s1. The number of nitrogens with one attached hydrogen (secondary N) is 1. The number of rotatable bonds is 6. The second kappa shape index (κ2) is 7.05. The van der Waals surface area contributed by atoms with Crippen molar-refractivity contribution in [2.45, 2.75) is 32.4 Å². The van der Waals surface area contributed by atoms with Crippen LogP contribution in [0.25, 0.3) is 5.00 Å².